The summed E-state index contributed by atoms with van der Waals surface area (Å²) < 4.78 is 46.9. The van der Waals surface area contributed by atoms with E-state index in [1.54, 1.807) is 25.1 Å². The zero-order valence-corrected chi connectivity index (χ0v) is 29.1. The molecule has 2 amide bonds. The summed E-state index contributed by atoms with van der Waals surface area (Å²) >= 11 is 1.85. The van der Waals surface area contributed by atoms with Gasteiger partial charge in [0, 0.05) is 52.4 Å². The van der Waals surface area contributed by atoms with Gasteiger partial charge in [0.2, 0.25) is 18.3 Å². The molecule has 2 fully saturated rings. The first-order valence-electron chi connectivity index (χ1n) is 16.7. The minimum atomic E-state index is -2.91. The molecular weight excluding hydrogens is 661 g/mol. The Kier molecular flexibility index (Phi) is 14.8. The molecule has 0 bridgehead atoms. The number of rotatable bonds is 18. The quantitative estimate of drug-likeness (QED) is 0.132. The van der Waals surface area contributed by atoms with Crippen LogP contribution in [-0.4, -0.2) is 116 Å². The molecule has 2 aliphatic rings. The Bertz CT molecular complexity index is 1360. The highest BCUT2D eigenvalue weighted by molar-refractivity contribution is 7.97. The van der Waals surface area contributed by atoms with Crippen molar-refractivity contribution in [1.29, 1.82) is 0 Å². The third-order valence-corrected chi connectivity index (χ3v) is 10.4. The first-order valence-corrected chi connectivity index (χ1v) is 17.6. The number of amides is 2. The topological polar surface area (TPSA) is 123 Å². The number of likely N-dealkylation sites (tertiary alicyclic amines) is 1. The number of hydrogen-bond acceptors (Lipinski definition) is 11. The summed E-state index contributed by atoms with van der Waals surface area (Å²) in [4.78, 5) is 49.0. The van der Waals surface area contributed by atoms with Crippen molar-refractivity contribution in [3.63, 3.8) is 0 Å². The van der Waals surface area contributed by atoms with Crippen LogP contribution in [0.15, 0.2) is 24.5 Å². The highest BCUT2D eigenvalue weighted by atomic mass is 32.2. The molecule has 1 atom stereocenters. The van der Waals surface area contributed by atoms with Crippen LogP contribution in [-0.2, 0) is 14.4 Å². The molecular formula is C33H47F3N8O4S. The van der Waals surface area contributed by atoms with Crippen LogP contribution in [0.5, 0.6) is 5.75 Å². The fourth-order valence-corrected chi connectivity index (χ4v) is 7.24. The van der Waals surface area contributed by atoms with Gasteiger partial charge in [0.15, 0.2) is 5.75 Å². The highest BCUT2D eigenvalue weighted by Crippen LogP contribution is 2.38. The Hall–Kier alpha value is -3.63. The molecule has 0 aliphatic carbocycles. The second-order valence-electron chi connectivity index (χ2n) is 12.4. The lowest BCUT2D eigenvalue weighted by Gasteiger charge is -2.34. The standard InChI is InChI=1S/C33H47F3N8O4S/c1-37-31(47)6-5-25(21-45)42(3)30-18-28(34)27(17-29(30)41(2)22-46)23-7-12-43(13-8-23)11-4-16-49-44-14-9-24(10-15-44)40-33-38-19-26(20-39-33)48-32(35)36/h17-25,32H,4-16H2,1-3H3,(H,37,47)(H,38,39,40). The van der Waals surface area contributed by atoms with Gasteiger partial charge in [0.05, 0.1) is 29.8 Å². The fraction of sp³-hybridized carbons (Fsp3) is 0.606. The van der Waals surface area contributed by atoms with Crippen molar-refractivity contribution >= 4 is 47.9 Å². The van der Waals surface area contributed by atoms with Gasteiger partial charge in [-0.05, 0) is 81.8 Å². The summed E-state index contributed by atoms with van der Waals surface area (Å²) in [6.45, 7) is 1.63. The van der Waals surface area contributed by atoms with Crippen LogP contribution < -0.4 is 25.2 Å². The van der Waals surface area contributed by atoms with Crippen molar-refractivity contribution in [2.45, 2.75) is 69.6 Å². The summed E-state index contributed by atoms with van der Waals surface area (Å²) in [6.07, 6.45) is 8.79. The molecule has 2 aliphatic heterocycles. The summed E-state index contributed by atoms with van der Waals surface area (Å²) in [5.74, 6) is 0.801. The molecule has 1 unspecified atom stereocenters. The molecule has 1 aromatic carbocycles. The molecule has 0 radical (unpaired) electrons. The molecule has 2 N–H and O–H groups in total. The van der Waals surface area contributed by atoms with E-state index in [0.29, 0.717) is 29.3 Å². The largest absolute Gasteiger partial charge is 0.432 e. The normalized spacial score (nSPS) is 17.0. The van der Waals surface area contributed by atoms with Crippen molar-refractivity contribution < 1.29 is 32.3 Å². The Morgan fingerprint density at radius 2 is 1.78 bits per heavy atom. The molecule has 2 aromatic rings. The first kappa shape index (κ1) is 38.2. The molecule has 16 heteroatoms. The number of carbonyl (C=O) groups excluding carboxylic acids is 3. The Morgan fingerprint density at radius 3 is 2.39 bits per heavy atom. The van der Waals surface area contributed by atoms with Crippen molar-refractivity contribution in [2.24, 2.45) is 0 Å². The molecule has 2 saturated heterocycles. The van der Waals surface area contributed by atoms with Crippen molar-refractivity contribution in [2.75, 3.05) is 74.7 Å². The van der Waals surface area contributed by atoms with E-state index < -0.39 is 12.7 Å². The Balaban J connectivity index is 1.20. The Morgan fingerprint density at radius 1 is 1.08 bits per heavy atom. The van der Waals surface area contributed by atoms with E-state index in [-0.39, 0.29) is 42.3 Å². The zero-order chi connectivity index (χ0) is 35.3. The lowest BCUT2D eigenvalue weighted by molar-refractivity contribution is -0.120. The zero-order valence-electron chi connectivity index (χ0n) is 28.3. The number of alkyl halides is 2. The van der Waals surface area contributed by atoms with E-state index >= 15 is 4.39 Å². The van der Waals surface area contributed by atoms with Crippen LogP contribution in [0.25, 0.3) is 0 Å². The summed E-state index contributed by atoms with van der Waals surface area (Å²) in [7, 11) is 4.81. The second kappa shape index (κ2) is 18.9. The number of nitrogens with zero attached hydrogens (tertiary/aromatic N) is 6. The van der Waals surface area contributed by atoms with E-state index in [9.17, 15) is 23.2 Å². The first-order chi connectivity index (χ1) is 23.6. The van der Waals surface area contributed by atoms with Gasteiger partial charge in [-0.25, -0.2) is 14.4 Å². The van der Waals surface area contributed by atoms with Gasteiger partial charge in [0.25, 0.3) is 0 Å². The van der Waals surface area contributed by atoms with Crippen molar-refractivity contribution in [1.82, 2.24) is 24.5 Å². The second-order valence-corrected chi connectivity index (χ2v) is 13.6. The molecule has 0 spiro atoms. The summed E-state index contributed by atoms with van der Waals surface area (Å²) in [6, 6.07) is 2.70. The molecule has 49 heavy (non-hydrogen) atoms. The van der Waals surface area contributed by atoms with E-state index in [1.165, 1.54) is 30.4 Å². The van der Waals surface area contributed by atoms with Crippen LogP contribution in [0.3, 0.4) is 0 Å². The minimum Gasteiger partial charge on any atom is -0.432 e. The number of aromatic nitrogens is 2. The van der Waals surface area contributed by atoms with E-state index in [4.69, 9.17) is 0 Å². The number of carbonyl (C=O) groups is 3. The number of hydrogen-bond donors (Lipinski definition) is 2. The van der Waals surface area contributed by atoms with E-state index in [2.05, 4.69) is 34.5 Å². The lowest BCUT2D eigenvalue weighted by atomic mass is 9.88. The van der Waals surface area contributed by atoms with Crippen molar-refractivity contribution in [3.05, 3.63) is 35.9 Å². The average molecular weight is 709 g/mol. The molecule has 1 aromatic heterocycles. The number of benzene rings is 1. The van der Waals surface area contributed by atoms with Crippen LogP contribution in [0, 0.1) is 5.82 Å². The molecule has 12 nitrogen and oxygen atoms in total. The fourth-order valence-electron chi connectivity index (χ4n) is 6.25. The van der Waals surface area contributed by atoms with Crippen LogP contribution in [0.1, 0.15) is 56.4 Å². The van der Waals surface area contributed by atoms with Gasteiger partial charge < -0.3 is 34.9 Å². The molecule has 4 rings (SSSR count). The number of likely N-dealkylation sites (N-methyl/N-ethyl adjacent to an activating group) is 1. The predicted octanol–water partition coefficient (Wildman–Crippen LogP) is 4.13. The van der Waals surface area contributed by atoms with Gasteiger partial charge >= 0.3 is 6.61 Å². The maximum absolute atomic E-state index is 15.6. The van der Waals surface area contributed by atoms with Crippen molar-refractivity contribution in [3.8, 4) is 5.75 Å². The smallest absolute Gasteiger partial charge is 0.387 e. The molecule has 0 saturated carbocycles. The molecule has 270 valence electrons. The predicted molar refractivity (Wildman–Crippen MR) is 185 cm³/mol. The number of aldehydes is 1. The number of anilines is 3. The van der Waals surface area contributed by atoms with Crippen LogP contribution in [0.2, 0.25) is 0 Å². The number of ether oxygens (including phenoxy) is 1. The van der Waals surface area contributed by atoms with Gasteiger partial charge in [-0.1, -0.05) is 11.9 Å². The third kappa shape index (κ3) is 11.2. The van der Waals surface area contributed by atoms with E-state index in [0.717, 1.165) is 76.9 Å². The van der Waals surface area contributed by atoms with Gasteiger partial charge in [-0.15, -0.1) is 0 Å². The lowest BCUT2D eigenvalue weighted by Crippen LogP contribution is -2.37. The monoisotopic (exact) mass is 708 g/mol. The average Bonchev–Trinajstić information content (AvgIpc) is 3.11. The number of halogens is 3. The van der Waals surface area contributed by atoms with Gasteiger partial charge in [-0.2, -0.15) is 8.78 Å². The Labute approximate surface area is 290 Å². The number of piperidine rings is 2. The highest BCUT2D eigenvalue weighted by Gasteiger charge is 2.27. The van der Waals surface area contributed by atoms with Gasteiger partial charge in [0.1, 0.15) is 12.1 Å². The molecule has 3 heterocycles. The maximum atomic E-state index is 15.6. The number of nitrogens with one attached hydrogen (secondary N) is 2. The van der Waals surface area contributed by atoms with Crippen LogP contribution >= 0.6 is 11.9 Å². The summed E-state index contributed by atoms with van der Waals surface area (Å²) in [5.41, 5.74) is 1.51. The minimum absolute atomic E-state index is 0.0168. The van der Waals surface area contributed by atoms with Crippen LogP contribution in [0.4, 0.5) is 30.5 Å². The SMILES string of the molecule is CNC(=O)CCC(C=O)N(C)c1cc(F)c(C2CCN(CCCSN3CCC(Nc4ncc(OC(F)F)cn4)CC3)CC2)cc1N(C)C=O. The third-order valence-electron chi connectivity index (χ3n) is 9.17. The summed E-state index contributed by atoms with van der Waals surface area (Å²) in [5, 5.41) is 5.81. The maximum Gasteiger partial charge on any atom is 0.387 e. The van der Waals surface area contributed by atoms with Gasteiger partial charge in [-0.3, -0.25) is 13.9 Å². The van der Waals surface area contributed by atoms with E-state index in [1.807, 2.05) is 11.9 Å².